The highest BCUT2D eigenvalue weighted by Gasteiger charge is 1.95. The third kappa shape index (κ3) is 5.16. The van der Waals surface area contributed by atoms with Crippen LogP contribution in [0.25, 0.3) is 0 Å². The summed E-state index contributed by atoms with van der Waals surface area (Å²) in [6.45, 7) is 3.97. The Kier molecular flexibility index (Phi) is 5.48. The summed E-state index contributed by atoms with van der Waals surface area (Å²) in [6.07, 6.45) is 10.5. The largest absolute Gasteiger partial charge is 0.494 e. The van der Waals surface area contributed by atoms with E-state index < -0.39 is 0 Å². The molecule has 3 nitrogen and oxygen atoms in total. The van der Waals surface area contributed by atoms with Crippen molar-refractivity contribution in [1.29, 1.82) is 0 Å². The maximum atomic E-state index is 5.70. The van der Waals surface area contributed by atoms with E-state index in [0.29, 0.717) is 0 Å². The second-order valence-corrected chi connectivity index (χ2v) is 4.88. The molecule has 19 heavy (non-hydrogen) atoms. The highest BCUT2D eigenvalue weighted by atomic mass is 16.5. The minimum absolute atomic E-state index is 0.814. The molecular formula is C16H22N2O. The predicted octanol–water partition coefficient (Wildman–Crippen LogP) is 3.83. The van der Waals surface area contributed by atoms with Crippen molar-refractivity contribution < 1.29 is 4.74 Å². The molecule has 0 saturated carbocycles. The maximum absolute atomic E-state index is 5.70. The molecule has 0 amide bonds. The van der Waals surface area contributed by atoms with Crippen LogP contribution in [-0.2, 0) is 6.54 Å². The van der Waals surface area contributed by atoms with Crippen molar-refractivity contribution in [2.24, 2.45) is 0 Å². The lowest BCUT2D eigenvalue weighted by Crippen LogP contribution is -1.98. The van der Waals surface area contributed by atoms with Gasteiger partial charge in [-0.05, 0) is 31.9 Å². The van der Waals surface area contributed by atoms with Crippen molar-refractivity contribution in [3.05, 3.63) is 48.5 Å². The standard InChI is InChI=1S/C16H22N2O/c1-15-6-8-16(9-7-15)19-13-5-3-2-4-11-18-12-10-17-14-18/h6-10,12,14H,2-5,11,13H2,1H3. The van der Waals surface area contributed by atoms with E-state index >= 15 is 0 Å². The van der Waals surface area contributed by atoms with Gasteiger partial charge in [0.25, 0.3) is 0 Å². The van der Waals surface area contributed by atoms with E-state index in [2.05, 4.69) is 28.6 Å². The quantitative estimate of drug-likeness (QED) is 0.673. The van der Waals surface area contributed by atoms with E-state index in [1.807, 2.05) is 30.9 Å². The number of ether oxygens (including phenoxy) is 1. The summed E-state index contributed by atoms with van der Waals surface area (Å²) in [4.78, 5) is 4.03. The van der Waals surface area contributed by atoms with Crippen LogP contribution >= 0.6 is 0 Å². The van der Waals surface area contributed by atoms with Gasteiger partial charge < -0.3 is 9.30 Å². The van der Waals surface area contributed by atoms with Gasteiger partial charge in [-0.2, -0.15) is 0 Å². The van der Waals surface area contributed by atoms with Crippen LogP contribution in [0.1, 0.15) is 31.2 Å². The molecule has 1 aromatic carbocycles. The molecule has 0 unspecified atom stereocenters. The molecule has 0 spiro atoms. The van der Waals surface area contributed by atoms with Gasteiger partial charge in [-0.25, -0.2) is 4.98 Å². The molecule has 102 valence electrons. The molecule has 0 aliphatic rings. The molecule has 0 N–H and O–H groups in total. The Morgan fingerprint density at radius 1 is 1.05 bits per heavy atom. The van der Waals surface area contributed by atoms with Crippen molar-refractivity contribution >= 4 is 0 Å². The summed E-state index contributed by atoms with van der Waals surface area (Å²) in [6, 6.07) is 8.24. The second kappa shape index (κ2) is 7.62. The molecule has 0 radical (unpaired) electrons. The molecule has 0 atom stereocenters. The van der Waals surface area contributed by atoms with Crippen LogP contribution in [-0.4, -0.2) is 16.2 Å². The first-order valence-corrected chi connectivity index (χ1v) is 7.00. The van der Waals surface area contributed by atoms with Crippen molar-refractivity contribution in [2.45, 2.75) is 39.2 Å². The molecular weight excluding hydrogens is 236 g/mol. The monoisotopic (exact) mass is 258 g/mol. The van der Waals surface area contributed by atoms with Crippen molar-refractivity contribution in [1.82, 2.24) is 9.55 Å². The van der Waals surface area contributed by atoms with Gasteiger partial charge in [0, 0.05) is 18.9 Å². The minimum atomic E-state index is 0.814. The average Bonchev–Trinajstić information content (AvgIpc) is 2.93. The first-order chi connectivity index (χ1) is 9.34. The van der Waals surface area contributed by atoms with Crippen LogP contribution in [0.4, 0.5) is 0 Å². The summed E-state index contributed by atoms with van der Waals surface area (Å²) in [5.74, 6) is 0.976. The van der Waals surface area contributed by atoms with Gasteiger partial charge in [-0.1, -0.05) is 30.5 Å². The van der Waals surface area contributed by atoms with E-state index in [0.717, 1.165) is 25.3 Å². The van der Waals surface area contributed by atoms with Gasteiger partial charge in [0.1, 0.15) is 5.75 Å². The Balaban J connectivity index is 1.49. The molecule has 0 bridgehead atoms. The molecule has 3 heteroatoms. The van der Waals surface area contributed by atoms with Gasteiger partial charge in [0.2, 0.25) is 0 Å². The van der Waals surface area contributed by atoms with E-state index in [-0.39, 0.29) is 0 Å². The van der Waals surface area contributed by atoms with Crippen LogP contribution in [0, 0.1) is 6.92 Å². The predicted molar refractivity (Wildman–Crippen MR) is 77.4 cm³/mol. The summed E-state index contributed by atoms with van der Waals surface area (Å²) in [5.41, 5.74) is 1.27. The number of hydrogen-bond acceptors (Lipinski definition) is 2. The fourth-order valence-corrected chi connectivity index (χ4v) is 1.99. The molecule has 0 fully saturated rings. The number of imidazole rings is 1. The smallest absolute Gasteiger partial charge is 0.119 e. The molecule has 0 aliphatic carbocycles. The van der Waals surface area contributed by atoms with Gasteiger partial charge in [0.05, 0.1) is 12.9 Å². The zero-order chi connectivity index (χ0) is 13.3. The van der Waals surface area contributed by atoms with E-state index in [1.165, 1.54) is 24.8 Å². The second-order valence-electron chi connectivity index (χ2n) is 4.88. The molecule has 1 aromatic heterocycles. The zero-order valence-electron chi connectivity index (χ0n) is 11.6. The van der Waals surface area contributed by atoms with Crippen LogP contribution in [0.5, 0.6) is 5.75 Å². The number of nitrogens with zero attached hydrogens (tertiary/aromatic N) is 2. The summed E-state index contributed by atoms with van der Waals surface area (Å²) in [7, 11) is 0. The fourth-order valence-electron chi connectivity index (χ4n) is 1.99. The third-order valence-electron chi connectivity index (χ3n) is 3.16. The maximum Gasteiger partial charge on any atom is 0.119 e. The number of aryl methyl sites for hydroxylation is 2. The van der Waals surface area contributed by atoms with Crippen molar-refractivity contribution in [2.75, 3.05) is 6.61 Å². The average molecular weight is 258 g/mol. The Morgan fingerprint density at radius 3 is 2.58 bits per heavy atom. The van der Waals surface area contributed by atoms with Crippen LogP contribution in [0.2, 0.25) is 0 Å². The fraction of sp³-hybridized carbons (Fsp3) is 0.438. The number of rotatable bonds is 8. The first kappa shape index (κ1) is 13.7. The van der Waals surface area contributed by atoms with Gasteiger partial charge in [-0.3, -0.25) is 0 Å². The van der Waals surface area contributed by atoms with Crippen molar-refractivity contribution in [3.63, 3.8) is 0 Å². The van der Waals surface area contributed by atoms with Crippen LogP contribution < -0.4 is 4.74 Å². The number of benzene rings is 1. The Hall–Kier alpha value is -1.77. The van der Waals surface area contributed by atoms with E-state index in [9.17, 15) is 0 Å². The van der Waals surface area contributed by atoms with E-state index in [4.69, 9.17) is 4.74 Å². The lowest BCUT2D eigenvalue weighted by molar-refractivity contribution is 0.304. The number of unbranched alkanes of at least 4 members (excludes halogenated alkanes) is 3. The number of hydrogen-bond donors (Lipinski definition) is 0. The molecule has 0 aliphatic heterocycles. The van der Waals surface area contributed by atoms with E-state index in [1.54, 1.807) is 0 Å². The normalized spacial score (nSPS) is 10.6. The van der Waals surface area contributed by atoms with Crippen LogP contribution in [0.3, 0.4) is 0 Å². The summed E-state index contributed by atoms with van der Waals surface area (Å²) >= 11 is 0. The zero-order valence-corrected chi connectivity index (χ0v) is 11.6. The molecule has 2 rings (SSSR count). The first-order valence-electron chi connectivity index (χ1n) is 7.00. The van der Waals surface area contributed by atoms with Crippen molar-refractivity contribution in [3.8, 4) is 5.75 Å². The van der Waals surface area contributed by atoms with Gasteiger partial charge in [-0.15, -0.1) is 0 Å². The number of aromatic nitrogens is 2. The van der Waals surface area contributed by atoms with Gasteiger partial charge in [0.15, 0.2) is 0 Å². The topological polar surface area (TPSA) is 27.1 Å². The SMILES string of the molecule is Cc1ccc(OCCCCCCn2ccnc2)cc1. The Labute approximate surface area is 115 Å². The summed E-state index contributed by atoms with van der Waals surface area (Å²) in [5, 5.41) is 0. The lowest BCUT2D eigenvalue weighted by atomic mass is 10.2. The Bertz CT molecular complexity index is 448. The minimum Gasteiger partial charge on any atom is -0.494 e. The molecule has 0 saturated heterocycles. The summed E-state index contributed by atoms with van der Waals surface area (Å²) < 4.78 is 7.83. The molecule has 1 heterocycles. The third-order valence-corrected chi connectivity index (χ3v) is 3.16. The highest BCUT2D eigenvalue weighted by molar-refractivity contribution is 5.26. The lowest BCUT2D eigenvalue weighted by Gasteiger charge is -2.06. The van der Waals surface area contributed by atoms with Gasteiger partial charge >= 0.3 is 0 Å². The molecule has 2 aromatic rings. The van der Waals surface area contributed by atoms with Crippen LogP contribution in [0.15, 0.2) is 43.0 Å². The Morgan fingerprint density at radius 2 is 1.84 bits per heavy atom. The highest BCUT2D eigenvalue weighted by Crippen LogP contribution is 2.12.